The summed E-state index contributed by atoms with van der Waals surface area (Å²) in [6.45, 7) is 2.01. The summed E-state index contributed by atoms with van der Waals surface area (Å²) in [7, 11) is 0. The number of aromatic nitrogens is 4. The number of rotatable bonds is 3. The molecule has 4 N–H and O–H groups in total. The van der Waals surface area contributed by atoms with Crippen molar-refractivity contribution in [3.05, 3.63) is 78.0 Å². The first-order chi connectivity index (χ1) is 14.9. The van der Waals surface area contributed by atoms with Crippen LogP contribution in [0.2, 0.25) is 0 Å². The van der Waals surface area contributed by atoms with Gasteiger partial charge in [0.15, 0.2) is 11.5 Å². The average Bonchev–Trinajstić information content (AvgIpc) is 3.21. The smallest absolute Gasteiger partial charge is 0.268 e. The third kappa shape index (κ3) is 3.05. The van der Waals surface area contributed by atoms with Crippen molar-refractivity contribution in [1.29, 1.82) is 0 Å². The van der Waals surface area contributed by atoms with E-state index >= 15 is 0 Å². The number of fused-ring (bicyclic) bond motifs is 2. The normalized spacial score (nSPS) is 11.3. The van der Waals surface area contributed by atoms with E-state index in [-0.39, 0.29) is 17.3 Å². The second-order valence-electron chi connectivity index (χ2n) is 7.24. The molecule has 0 aliphatic carbocycles. The van der Waals surface area contributed by atoms with Crippen molar-refractivity contribution in [2.75, 3.05) is 5.73 Å². The lowest BCUT2D eigenvalue weighted by Crippen LogP contribution is -2.10. The van der Waals surface area contributed by atoms with Crippen LogP contribution in [0.5, 0.6) is 0 Å². The van der Waals surface area contributed by atoms with Crippen molar-refractivity contribution in [3.63, 3.8) is 0 Å². The van der Waals surface area contributed by atoms with E-state index in [1.165, 1.54) is 12.1 Å². The van der Waals surface area contributed by atoms with Crippen LogP contribution in [0.1, 0.15) is 16.1 Å². The summed E-state index contributed by atoms with van der Waals surface area (Å²) in [5.74, 6) is -0.893. The van der Waals surface area contributed by atoms with E-state index in [1.807, 2.05) is 31.2 Å². The number of anilines is 1. The van der Waals surface area contributed by atoms with E-state index in [0.29, 0.717) is 22.6 Å². The van der Waals surface area contributed by atoms with Gasteiger partial charge in [-0.3, -0.25) is 14.2 Å². The summed E-state index contributed by atoms with van der Waals surface area (Å²) in [4.78, 5) is 25.0. The highest BCUT2D eigenvalue weighted by atomic mass is 19.1. The molecule has 0 bridgehead atoms. The highest BCUT2D eigenvalue weighted by Crippen LogP contribution is 2.35. The standard InChI is InChI=1S/C23H17FN6O/c1-12-8-9-27-17-7-4-14(10-16(12)17)20-19(13-2-5-15(24)6-3-13)29-21(25)23-28-18(22(26)31)11-30(20)23/h2-11H,1H3,(H2,25,29)(H2,26,31). The number of nitrogen functional groups attached to an aromatic ring is 1. The number of carbonyl (C=O) groups is 1. The summed E-state index contributed by atoms with van der Waals surface area (Å²) >= 11 is 0. The fraction of sp³-hybridized carbons (Fsp3) is 0.0435. The molecule has 0 aliphatic heterocycles. The van der Waals surface area contributed by atoms with Crippen LogP contribution in [0.4, 0.5) is 10.2 Å². The van der Waals surface area contributed by atoms with Gasteiger partial charge in [-0.1, -0.05) is 6.07 Å². The molecule has 1 amide bonds. The molecular formula is C23H17FN6O. The highest BCUT2D eigenvalue weighted by molar-refractivity contribution is 5.94. The first kappa shape index (κ1) is 18.7. The third-order valence-electron chi connectivity index (χ3n) is 5.24. The first-order valence-corrected chi connectivity index (χ1v) is 9.52. The number of halogens is 1. The number of pyridine rings is 1. The Morgan fingerprint density at radius 2 is 1.77 bits per heavy atom. The van der Waals surface area contributed by atoms with Crippen LogP contribution in [-0.4, -0.2) is 25.3 Å². The summed E-state index contributed by atoms with van der Waals surface area (Å²) in [5, 5.41) is 0.977. The molecule has 3 aromatic heterocycles. The van der Waals surface area contributed by atoms with Crippen molar-refractivity contribution in [1.82, 2.24) is 19.4 Å². The molecule has 0 spiro atoms. The lowest BCUT2D eigenvalue weighted by molar-refractivity contribution is 0.0996. The second-order valence-corrected chi connectivity index (χ2v) is 7.24. The molecule has 0 atom stereocenters. The average molecular weight is 412 g/mol. The fourth-order valence-corrected chi connectivity index (χ4v) is 3.70. The maximum atomic E-state index is 13.6. The van der Waals surface area contributed by atoms with Crippen LogP contribution >= 0.6 is 0 Å². The first-order valence-electron chi connectivity index (χ1n) is 9.52. The predicted molar refractivity (Wildman–Crippen MR) is 117 cm³/mol. The van der Waals surface area contributed by atoms with Gasteiger partial charge in [0.05, 0.1) is 16.9 Å². The minimum atomic E-state index is -0.670. The van der Waals surface area contributed by atoms with E-state index in [4.69, 9.17) is 11.5 Å². The van der Waals surface area contributed by atoms with Gasteiger partial charge in [-0.25, -0.2) is 14.4 Å². The number of benzene rings is 2. The van der Waals surface area contributed by atoms with E-state index in [9.17, 15) is 9.18 Å². The van der Waals surface area contributed by atoms with Crippen molar-refractivity contribution in [3.8, 4) is 22.5 Å². The Bertz CT molecular complexity index is 1490. The van der Waals surface area contributed by atoms with Gasteiger partial charge in [0.1, 0.15) is 11.5 Å². The number of carbonyl (C=O) groups excluding carboxylic acids is 1. The molecule has 5 rings (SSSR count). The van der Waals surface area contributed by atoms with Gasteiger partial charge in [-0.05, 0) is 55.0 Å². The van der Waals surface area contributed by atoms with Crippen molar-refractivity contribution in [2.24, 2.45) is 5.73 Å². The number of nitrogens with two attached hydrogens (primary N) is 2. The quantitative estimate of drug-likeness (QED) is 0.469. The van der Waals surface area contributed by atoms with Crippen LogP contribution in [-0.2, 0) is 0 Å². The minimum absolute atomic E-state index is 0.0737. The molecule has 7 nitrogen and oxygen atoms in total. The van der Waals surface area contributed by atoms with Crippen LogP contribution in [0.15, 0.2) is 60.9 Å². The van der Waals surface area contributed by atoms with Crippen molar-refractivity contribution < 1.29 is 9.18 Å². The molecule has 31 heavy (non-hydrogen) atoms. The molecule has 0 radical (unpaired) electrons. The summed E-state index contributed by atoms with van der Waals surface area (Å²) in [6, 6.07) is 13.8. The number of amides is 1. The monoisotopic (exact) mass is 412 g/mol. The molecular weight excluding hydrogens is 395 g/mol. The maximum absolute atomic E-state index is 13.6. The number of primary amides is 1. The molecule has 0 aliphatic rings. The maximum Gasteiger partial charge on any atom is 0.268 e. The van der Waals surface area contributed by atoms with Crippen molar-refractivity contribution in [2.45, 2.75) is 6.92 Å². The van der Waals surface area contributed by atoms with Gasteiger partial charge < -0.3 is 11.5 Å². The minimum Gasteiger partial charge on any atom is -0.381 e. The Morgan fingerprint density at radius 1 is 1.03 bits per heavy atom. The van der Waals surface area contributed by atoms with Crippen LogP contribution < -0.4 is 11.5 Å². The number of hydrogen-bond donors (Lipinski definition) is 2. The van der Waals surface area contributed by atoms with E-state index in [0.717, 1.165) is 22.0 Å². The Labute approximate surface area is 176 Å². The van der Waals surface area contributed by atoms with Gasteiger partial charge in [0.2, 0.25) is 0 Å². The largest absolute Gasteiger partial charge is 0.381 e. The molecule has 5 aromatic rings. The van der Waals surface area contributed by atoms with Gasteiger partial charge in [0.25, 0.3) is 5.91 Å². The summed E-state index contributed by atoms with van der Waals surface area (Å²) in [5.41, 5.74) is 16.6. The van der Waals surface area contributed by atoms with Crippen molar-refractivity contribution >= 4 is 28.3 Å². The second kappa shape index (κ2) is 6.88. The molecule has 0 saturated heterocycles. The molecule has 152 valence electrons. The molecule has 0 fully saturated rings. The summed E-state index contributed by atoms with van der Waals surface area (Å²) in [6.07, 6.45) is 3.30. The Kier molecular flexibility index (Phi) is 4.14. The molecule has 3 heterocycles. The van der Waals surface area contributed by atoms with E-state index < -0.39 is 5.91 Å². The van der Waals surface area contributed by atoms with Crippen LogP contribution in [0, 0.1) is 12.7 Å². The zero-order chi connectivity index (χ0) is 21.7. The Hall–Kier alpha value is -4.33. The lowest BCUT2D eigenvalue weighted by Gasteiger charge is -2.14. The third-order valence-corrected chi connectivity index (χ3v) is 5.24. The van der Waals surface area contributed by atoms with Gasteiger partial charge in [-0.15, -0.1) is 0 Å². The molecule has 0 unspecified atom stereocenters. The summed E-state index contributed by atoms with van der Waals surface area (Å²) < 4.78 is 15.3. The fourth-order valence-electron chi connectivity index (χ4n) is 3.70. The van der Waals surface area contributed by atoms with Gasteiger partial charge >= 0.3 is 0 Å². The van der Waals surface area contributed by atoms with Gasteiger partial charge in [-0.2, -0.15) is 0 Å². The predicted octanol–water partition coefficient (Wildman–Crippen LogP) is 3.74. The topological polar surface area (TPSA) is 112 Å². The Balaban J connectivity index is 1.89. The SMILES string of the molecule is Cc1ccnc2ccc(-c3c(-c4ccc(F)cc4)nc(N)c4nc(C(N)=O)cn34)cc12. The molecule has 8 heteroatoms. The van der Waals surface area contributed by atoms with E-state index in [2.05, 4.69) is 15.0 Å². The highest BCUT2D eigenvalue weighted by Gasteiger charge is 2.20. The van der Waals surface area contributed by atoms with Crippen LogP contribution in [0.25, 0.3) is 39.1 Å². The lowest BCUT2D eigenvalue weighted by atomic mass is 10.0. The number of imidazole rings is 1. The zero-order valence-corrected chi connectivity index (χ0v) is 16.5. The number of nitrogens with zero attached hydrogens (tertiary/aromatic N) is 4. The number of aryl methyl sites for hydroxylation is 1. The molecule has 0 saturated carbocycles. The Morgan fingerprint density at radius 3 is 2.52 bits per heavy atom. The number of hydrogen-bond acceptors (Lipinski definition) is 5. The van der Waals surface area contributed by atoms with Crippen LogP contribution in [0.3, 0.4) is 0 Å². The van der Waals surface area contributed by atoms with Gasteiger partial charge in [0, 0.05) is 28.9 Å². The van der Waals surface area contributed by atoms with E-state index in [1.54, 1.807) is 28.9 Å². The zero-order valence-electron chi connectivity index (χ0n) is 16.5. The molecule has 2 aromatic carbocycles.